The van der Waals surface area contributed by atoms with Gasteiger partial charge in [0.25, 0.3) is 6.43 Å². The topological polar surface area (TPSA) is 24.9 Å². The molecule has 0 aliphatic heterocycles. The summed E-state index contributed by atoms with van der Waals surface area (Å²) in [7, 11) is 0. The van der Waals surface area contributed by atoms with Gasteiger partial charge in [-0.3, -0.25) is 4.98 Å². The number of nitrogens with zero attached hydrogens (tertiary/aromatic N) is 1. The number of pyridine rings is 1. The highest BCUT2D eigenvalue weighted by atomic mass is 19.3. The van der Waals surface area contributed by atoms with Crippen molar-refractivity contribution in [3.63, 3.8) is 0 Å². The Bertz CT molecular complexity index is 499. The monoisotopic (exact) mass is 236 g/mol. The van der Waals surface area contributed by atoms with Crippen LogP contribution in [0.15, 0.2) is 36.5 Å². The van der Waals surface area contributed by atoms with Gasteiger partial charge in [-0.1, -0.05) is 25.1 Å². The zero-order chi connectivity index (χ0) is 12.3. The molecule has 2 nitrogen and oxygen atoms in total. The Kier molecular flexibility index (Phi) is 3.64. The number of nitrogens with one attached hydrogen (secondary N) is 1. The molecule has 4 heteroatoms. The Labute approximate surface area is 98.7 Å². The minimum Gasteiger partial charge on any atom is -0.306 e. The van der Waals surface area contributed by atoms with Crippen LogP contribution in [0.25, 0.3) is 10.9 Å². The van der Waals surface area contributed by atoms with Gasteiger partial charge >= 0.3 is 0 Å². The van der Waals surface area contributed by atoms with Gasteiger partial charge in [0.15, 0.2) is 0 Å². The lowest BCUT2D eigenvalue weighted by Gasteiger charge is -2.17. The van der Waals surface area contributed by atoms with E-state index in [4.69, 9.17) is 0 Å². The summed E-state index contributed by atoms with van der Waals surface area (Å²) in [5.41, 5.74) is 1.32. The lowest BCUT2D eigenvalue weighted by molar-refractivity contribution is 0.0993. The Hall–Kier alpha value is -1.55. The molecule has 1 heterocycles. The van der Waals surface area contributed by atoms with E-state index in [0.29, 0.717) is 12.1 Å². The van der Waals surface area contributed by atoms with Gasteiger partial charge in [0, 0.05) is 11.6 Å². The van der Waals surface area contributed by atoms with Gasteiger partial charge in [-0.2, -0.15) is 0 Å². The van der Waals surface area contributed by atoms with Crippen LogP contribution in [0.5, 0.6) is 0 Å². The van der Waals surface area contributed by atoms with Crippen molar-refractivity contribution in [3.05, 3.63) is 42.1 Å². The van der Waals surface area contributed by atoms with E-state index in [1.54, 1.807) is 18.3 Å². The molecule has 0 fully saturated rings. The van der Waals surface area contributed by atoms with Crippen LogP contribution in [-0.2, 0) is 0 Å². The zero-order valence-corrected chi connectivity index (χ0v) is 9.53. The smallest absolute Gasteiger partial charge is 0.257 e. The molecule has 1 aromatic heterocycles. The Morgan fingerprint density at radius 1 is 1.29 bits per heavy atom. The lowest BCUT2D eigenvalue weighted by atomic mass is 10.0. The number of alkyl halides is 2. The molecule has 0 saturated heterocycles. The molecule has 90 valence electrons. The highest BCUT2D eigenvalue weighted by molar-refractivity contribution is 5.79. The molecule has 0 aliphatic carbocycles. The number of rotatable bonds is 4. The van der Waals surface area contributed by atoms with Crippen LogP contribution in [0.4, 0.5) is 8.78 Å². The standard InChI is InChI=1S/C13H14F2N2/c1-2-16-12(13(14)15)10-6-5-9-4-3-7-17-11(9)8-10/h3-8,12-13,16H,2H2,1H3. The average Bonchev–Trinajstić information content (AvgIpc) is 2.35. The molecule has 0 saturated carbocycles. The summed E-state index contributed by atoms with van der Waals surface area (Å²) in [6.45, 7) is 2.32. The first kappa shape index (κ1) is 11.9. The van der Waals surface area contributed by atoms with Crippen molar-refractivity contribution in [2.75, 3.05) is 6.54 Å². The van der Waals surface area contributed by atoms with Crippen molar-refractivity contribution in [1.29, 1.82) is 0 Å². The van der Waals surface area contributed by atoms with E-state index in [-0.39, 0.29) is 0 Å². The van der Waals surface area contributed by atoms with Crippen molar-refractivity contribution in [2.24, 2.45) is 0 Å². The fourth-order valence-corrected chi connectivity index (χ4v) is 1.85. The molecule has 1 aromatic carbocycles. The maximum Gasteiger partial charge on any atom is 0.257 e. The van der Waals surface area contributed by atoms with Gasteiger partial charge in [0.05, 0.1) is 11.6 Å². The van der Waals surface area contributed by atoms with Crippen LogP contribution in [0, 0.1) is 0 Å². The second-order valence-corrected chi connectivity index (χ2v) is 3.83. The molecule has 0 amide bonds. The molecule has 1 atom stereocenters. The van der Waals surface area contributed by atoms with Gasteiger partial charge in [0.2, 0.25) is 0 Å². The maximum absolute atomic E-state index is 12.9. The van der Waals surface area contributed by atoms with Crippen LogP contribution in [0.3, 0.4) is 0 Å². The van der Waals surface area contributed by atoms with Crippen molar-refractivity contribution in [3.8, 4) is 0 Å². The number of hydrogen-bond donors (Lipinski definition) is 1. The SMILES string of the molecule is CCNC(c1ccc2cccnc2c1)C(F)F. The summed E-state index contributed by atoms with van der Waals surface area (Å²) in [6.07, 6.45) is -0.757. The third kappa shape index (κ3) is 2.58. The molecule has 0 spiro atoms. The van der Waals surface area contributed by atoms with E-state index in [2.05, 4.69) is 10.3 Å². The van der Waals surface area contributed by atoms with Gasteiger partial charge in [-0.25, -0.2) is 8.78 Å². The number of benzene rings is 1. The van der Waals surface area contributed by atoms with E-state index < -0.39 is 12.5 Å². The van der Waals surface area contributed by atoms with E-state index in [9.17, 15) is 8.78 Å². The summed E-state index contributed by atoms with van der Waals surface area (Å²) in [5.74, 6) is 0. The van der Waals surface area contributed by atoms with Crippen LogP contribution in [0.2, 0.25) is 0 Å². The average molecular weight is 236 g/mol. The normalized spacial score (nSPS) is 13.2. The molecule has 1 unspecified atom stereocenters. The molecule has 0 aliphatic rings. The van der Waals surface area contributed by atoms with Crippen molar-refractivity contribution < 1.29 is 8.78 Å². The van der Waals surface area contributed by atoms with Gasteiger partial charge < -0.3 is 5.32 Å². The van der Waals surface area contributed by atoms with E-state index in [0.717, 1.165) is 10.9 Å². The van der Waals surface area contributed by atoms with Crippen LogP contribution in [0.1, 0.15) is 18.5 Å². The Morgan fingerprint density at radius 2 is 2.12 bits per heavy atom. The van der Waals surface area contributed by atoms with Gasteiger partial charge in [-0.05, 0) is 24.2 Å². The van der Waals surface area contributed by atoms with Crippen molar-refractivity contribution in [2.45, 2.75) is 19.4 Å². The minimum atomic E-state index is -2.42. The third-order valence-electron chi connectivity index (χ3n) is 2.67. The van der Waals surface area contributed by atoms with Crippen molar-refractivity contribution >= 4 is 10.9 Å². The second kappa shape index (κ2) is 5.19. The second-order valence-electron chi connectivity index (χ2n) is 3.83. The van der Waals surface area contributed by atoms with Crippen LogP contribution in [-0.4, -0.2) is 18.0 Å². The quantitative estimate of drug-likeness (QED) is 0.882. The Morgan fingerprint density at radius 3 is 2.82 bits per heavy atom. The third-order valence-corrected chi connectivity index (χ3v) is 2.67. The molecule has 0 bridgehead atoms. The molecule has 0 radical (unpaired) electrons. The number of halogens is 2. The summed E-state index contributed by atoms with van der Waals surface area (Å²) >= 11 is 0. The predicted molar refractivity (Wildman–Crippen MR) is 64.2 cm³/mol. The lowest BCUT2D eigenvalue weighted by Crippen LogP contribution is -2.27. The first-order chi connectivity index (χ1) is 8.22. The Balaban J connectivity index is 2.40. The van der Waals surface area contributed by atoms with E-state index >= 15 is 0 Å². The minimum absolute atomic E-state index is 0.509. The van der Waals surface area contributed by atoms with E-state index in [1.807, 2.05) is 25.1 Å². The molecule has 2 aromatic rings. The van der Waals surface area contributed by atoms with Gasteiger partial charge in [0.1, 0.15) is 0 Å². The molecule has 17 heavy (non-hydrogen) atoms. The molecule has 1 N–H and O–H groups in total. The fraction of sp³-hybridized carbons (Fsp3) is 0.308. The highest BCUT2D eigenvalue weighted by Crippen LogP contribution is 2.23. The first-order valence-electron chi connectivity index (χ1n) is 5.58. The van der Waals surface area contributed by atoms with E-state index in [1.165, 1.54) is 0 Å². The molecule has 2 rings (SSSR count). The highest BCUT2D eigenvalue weighted by Gasteiger charge is 2.21. The van der Waals surface area contributed by atoms with Gasteiger partial charge in [-0.15, -0.1) is 0 Å². The maximum atomic E-state index is 12.9. The molecular formula is C13H14F2N2. The summed E-state index contributed by atoms with van der Waals surface area (Å²) in [6, 6.07) is 8.09. The number of aromatic nitrogens is 1. The first-order valence-corrected chi connectivity index (χ1v) is 5.58. The zero-order valence-electron chi connectivity index (χ0n) is 9.53. The number of fused-ring (bicyclic) bond motifs is 1. The summed E-state index contributed by atoms with van der Waals surface area (Å²) in [5, 5.41) is 3.74. The summed E-state index contributed by atoms with van der Waals surface area (Å²) in [4.78, 5) is 4.17. The predicted octanol–water partition coefficient (Wildman–Crippen LogP) is 3.15. The molecular weight excluding hydrogens is 222 g/mol. The van der Waals surface area contributed by atoms with Crippen LogP contribution < -0.4 is 5.32 Å². The number of hydrogen-bond acceptors (Lipinski definition) is 2. The fourth-order valence-electron chi connectivity index (χ4n) is 1.85. The van der Waals surface area contributed by atoms with Crippen LogP contribution >= 0.6 is 0 Å². The largest absolute Gasteiger partial charge is 0.306 e. The summed E-state index contributed by atoms with van der Waals surface area (Å²) < 4.78 is 25.8. The van der Waals surface area contributed by atoms with Crippen molar-refractivity contribution in [1.82, 2.24) is 10.3 Å².